The van der Waals surface area contributed by atoms with Crippen molar-refractivity contribution in [3.8, 4) is 0 Å². The van der Waals surface area contributed by atoms with Gasteiger partial charge in [-0.05, 0) is 12.3 Å². The Morgan fingerprint density at radius 2 is 2.38 bits per heavy atom. The van der Waals surface area contributed by atoms with Crippen LogP contribution in [0.1, 0.15) is 13.3 Å². The van der Waals surface area contributed by atoms with Gasteiger partial charge in [0.15, 0.2) is 0 Å². The number of rotatable bonds is 0. The highest BCUT2D eigenvalue weighted by Gasteiger charge is 2.11. The Bertz CT molecular complexity index is 56.9. The van der Waals surface area contributed by atoms with Crippen LogP contribution in [0.25, 0.3) is 0 Å². The van der Waals surface area contributed by atoms with E-state index >= 15 is 0 Å². The van der Waals surface area contributed by atoms with Crippen molar-refractivity contribution in [1.29, 1.82) is 0 Å². The summed E-state index contributed by atoms with van der Waals surface area (Å²) in [7, 11) is 1.98. The SMILES string of the molecule is CC1CCN(C)OC1. The average molecular weight is 115 g/mol. The highest BCUT2D eigenvalue weighted by atomic mass is 16.7. The van der Waals surface area contributed by atoms with Gasteiger partial charge in [-0.15, -0.1) is 0 Å². The first-order chi connectivity index (χ1) is 3.79. The average Bonchev–Trinajstić information content (AvgIpc) is 1.77. The van der Waals surface area contributed by atoms with Crippen molar-refractivity contribution in [3.63, 3.8) is 0 Å². The summed E-state index contributed by atoms with van der Waals surface area (Å²) in [6.07, 6.45) is 1.27. The molecule has 2 nitrogen and oxygen atoms in total. The predicted octanol–water partition coefficient (Wildman–Crippen LogP) is 0.890. The molecule has 1 fully saturated rings. The van der Waals surface area contributed by atoms with Crippen LogP contribution in [0.15, 0.2) is 0 Å². The monoisotopic (exact) mass is 115 g/mol. The number of hydroxylamine groups is 2. The van der Waals surface area contributed by atoms with E-state index < -0.39 is 0 Å². The number of hydrogen-bond donors (Lipinski definition) is 0. The fourth-order valence-corrected chi connectivity index (χ4v) is 0.805. The molecule has 0 amide bonds. The van der Waals surface area contributed by atoms with E-state index in [0.29, 0.717) is 0 Å². The van der Waals surface area contributed by atoms with Crippen molar-refractivity contribution in [2.75, 3.05) is 20.2 Å². The van der Waals surface area contributed by atoms with Gasteiger partial charge in [-0.3, -0.25) is 4.84 Å². The smallest absolute Gasteiger partial charge is 0.0711 e. The summed E-state index contributed by atoms with van der Waals surface area (Å²) < 4.78 is 0. The third-order valence-electron chi connectivity index (χ3n) is 1.52. The molecular formula is C6H13NO. The highest BCUT2D eigenvalue weighted by Crippen LogP contribution is 2.09. The predicted molar refractivity (Wildman–Crippen MR) is 32.4 cm³/mol. The lowest BCUT2D eigenvalue weighted by Gasteiger charge is -2.25. The molecule has 0 N–H and O–H groups in total. The lowest BCUT2D eigenvalue weighted by Crippen LogP contribution is -2.30. The molecule has 0 radical (unpaired) electrons. The molecule has 0 aliphatic carbocycles. The third-order valence-corrected chi connectivity index (χ3v) is 1.52. The van der Waals surface area contributed by atoms with E-state index in [4.69, 9.17) is 4.84 Å². The van der Waals surface area contributed by atoms with Crippen LogP contribution in [-0.4, -0.2) is 25.3 Å². The maximum atomic E-state index is 5.22. The normalized spacial score (nSPS) is 33.0. The fraction of sp³-hybridized carbons (Fsp3) is 1.00. The van der Waals surface area contributed by atoms with Crippen molar-refractivity contribution in [2.24, 2.45) is 5.92 Å². The van der Waals surface area contributed by atoms with Crippen molar-refractivity contribution in [1.82, 2.24) is 5.06 Å². The molecule has 0 saturated carbocycles. The Balaban J connectivity index is 2.19. The van der Waals surface area contributed by atoms with Crippen LogP contribution >= 0.6 is 0 Å². The summed E-state index contributed by atoms with van der Waals surface area (Å²) in [5, 5.41) is 1.90. The van der Waals surface area contributed by atoms with Gasteiger partial charge in [-0.1, -0.05) is 6.92 Å². The van der Waals surface area contributed by atoms with E-state index in [2.05, 4.69) is 6.92 Å². The van der Waals surface area contributed by atoms with Crippen LogP contribution < -0.4 is 0 Å². The number of nitrogens with zero attached hydrogens (tertiary/aromatic N) is 1. The molecule has 48 valence electrons. The zero-order chi connectivity index (χ0) is 5.98. The van der Waals surface area contributed by atoms with E-state index in [-0.39, 0.29) is 0 Å². The van der Waals surface area contributed by atoms with Crippen LogP contribution in [0.2, 0.25) is 0 Å². The molecule has 0 spiro atoms. The van der Waals surface area contributed by atoms with Crippen LogP contribution in [0.5, 0.6) is 0 Å². The van der Waals surface area contributed by atoms with Crippen molar-refractivity contribution >= 4 is 0 Å². The first-order valence-electron chi connectivity index (χ1n) is 3.13. The first kappa shape index (κ1) is 6.05. The Morgan fingerprint density at radius 3 is 2.75 bits per heavy atom. The molecule has 1 aliphatic rings. The molecule has 0 aromatic heterocycles. The second kappa shape index (κ2) is 2.46. The Labute approximate surface area is 50.4 Å². The van der Waals surface area contributed by atoms with Crippen molar-refractivity contribution in [3.05, 3.63) is 0 Å². The van der Waals surface area contributed by atoms with E-state index in [9.17, 15) is 0 Å². The second-order valence-electron chi connectivity index (χ2n) is 2.54. The van der Waals surface area contributed by atoms with Gasteiger partial charge in [0.2, 0.25) is 0 Å². The van der Waals surface area contributed by atoms with Crippen LogP contribution in [0.3, 0.4) is 0 Å². The fourth-order valence-electron chi connectivity index (χ4n) is 0.805. The Hall–Kier alpha value is -0.0800. The van der Waals surface area contributed by atoms with E-state index in [1.54, 1.807) is 0 Å². The van der Waals surface area contributed by atoms with E-state index in [0.717, 1.165) is 19.1 Å². The molecule has 1 rings (SSSR count). The van der Waals surface area contributed by atoms with Gasteiger partial charge in [0.1, 0.15) is 0 Å². The van der Waals surface area contributed by atoms with Crippen molar-refractivity contribution in [2.45, 2.75) is 13.3 Å². The summed E-state index contributed by atoms with van der Waals surface area (Å²) in [6, 6.07) is 0. The van der Waals surface area contributed by atoms with Gasteiger partial charge >= 0.3 is 0 Å². The van der Waals surface area contributed by atoms with Crippen LogP contribution in [0.4, 0.5) is 0 Å². The minimum Gasteiger partial charge on any atom is -0.299 e. The van der Waals surface area contributed by atoms with Gasteiger partial charge in [0.05, 0.1) is 6.61 Å². The molecule has 2 heteroatoms. The van der Waals surface area contributed by atoms with E-state index in [1.165, 1.54) is 6.42 Å². The molecule has 1 heterocycles. The molecule has 0 bridgehead atoms. The Kier molecular flexibility index (Phi) is 1.86. The minimum absolute atomic E-state index is 0.756. The van der Waals surface area contributed by atoms with Gasteiger partial charge in [0, 0.05) is 13.6 Å². The lowest BCUT2D eigenvalue weighted by molar-refractivity contribution is -0.176. The quantitative estimate of drug-likeness (QED) is 0.465. The van der Waals surface area contributed by atoms with Crippen molar-refractivity contribution < 1.29 is 4.84 Å². The largest absolute Gasteiger partial charge is 0.299 e. The van der Waals surface area contributed by atoms with Gasteiger partial charge in [-0.25, -0.2) is 0 Å². The summed E-state index contributed by atoms with van der Waals surface area (Å²) in [5.41, 5.74) is 0. The second-order valence-corrected chi connectivity index (χ2v) is 2.54. The molecule has 1 atom stereocenters. The summed E-state index contributed by atoms with van der Waals surface area (Å²) >= 11 is 0. The van der Waals surface area contributed by atoms with Crippen LogP contribution in [0, 0.1) is 5.92 Å². The third kappa shape index (κ3) is 1.46. The molecule has 0 aromatic rings. The summed E-state index contributed by atoms with van der Waals surface area (Å²) in [6.45, 7) is 4.20. The topological polar surface area (TPSA) is 12.5 Å². The molecule has 1 unspecified atom stereocenters. The summed E-state index contributed by atoms with van der Waals surface area (Å²) in [4.78, 5) is 5.22. The maximum absolute atomic E-state index is 5.22. The molecule has 1 saturated heterocycles. The zero-order valence-corrected chi connectivity index (χ0v) is 5.55. The molecule has 1 aliphatic heterocycles. The zero-order valence-electron chi connectivity index (χ0n) is 5.55. The lowest BCUT2D eigenvalue weighted by atomic mass is 10.1. The van der Waals surface area contributed by atoms with Gasteiger partial charge in [-0.2, -0.15) is 5.06 Å². The number of hydrogen-bond acceptors (Lipinski definition) is 2. The van der Waals surface area contributed by atoms with Crippen LogP contribution in [-0.2, 0) is 4.84 Å². The standard InChI is InChI=1S/C6H13NO/c1-6-3-4-7(2)8-5-6/h6H,3-5H2,1-2H3. The Morgan fingerprint density at radius 1 is 1.62 bits per heavy atom. The highest BCUT2D eigenvalue weighted by molar-refractivity contribution is 4.56. The minimum atomic E-state index is 0.756. The molecular weight excluding hydrogens is 102 g/mol. The van der Waals surface area contributed by atoms with Gasteiger partial charge in [0.25, 0.3) is 0 Å². The van der Waals surface area contributed by atoms with Gasteiger partial charge < -0.3 is 0 Å². The molecule has 0 aromatic carbocycles. The molecule has 8 heavy (non-hydrogen) atoms. The maximum Gasteiger partial charge on any atom is 0.0711 e. The summed E-state index contributed by atoms with van der Waals surface area (Å²) in [5.74, 6) is 0.756. The first-order valence-corrected chi connectivity index (χ1v) is 3.13. The van der Waals surface area contributed by atoms with E-state index in [1.807, 2.05) is 12.1 Å².